The van der Waals surface area contributed by atoms with Gasteiger partial charge in [-0.25, -0.2) is 9.78 Å². The molecular formula is C10H14N2O3. The second kappa shape index (κ2) is 5.31. The van der Waals surface area contributed by atoms with E-state index in [0.717, 1.165) is 6.42 Å². The molecule has 0 bridgehead atoms. The predicted octanol–water partition coefficient (Wildman–Crippen LogP) is 0.963. The molecule has 5 heteroatoms. The lowest BCUT2D eigenvalue weighted by atomic mass is 10.2. The van der Waals surface area contributed by atoms with E-state index in [1.807, 2.05) is 6.92 Å². The van der Waals surface area contributed by atoms with Crippen LogP contribution in [0.2, 0.25) is 0 Å². The van der Waals surface area contributed by atoms with E-state index in [0.29, 0.717) is 5.82 Å². The van der Waals surface area contributed by atoms with Crippen molar-refractivity contribution in [1.82, 2.24) is 4.98 Å². The number of hydrogen-bond acceptors (Lipinski definition) is 4. The summed E-state index contributed by atoms with van der Waals surface area (Å²) < 4.78 is 0. The lowest BCUT2D eigenvalue weighted by molar-refractivity contribution is 0.0690. The molecule has 3 N–H and O–H groups in total. The lowest BCUT2D eigenvalue weighted by Gasteiger charge is -2.14. The van der Waals surface area contributed by atoms with Gasteiger partial charge in [-0.05, 0) is 18.6 Å². The summed E-state index contributed by atoms with van der Waals surface area (Å²) in [7, 11) is 0. The SMILES string of the molecule is CC[C@H](CO)Nc1cccc(C(=O)O)n1. The summed E-state index contributed by atoms with van der Waals surface area (Å²) in [5.41, 5.74) is -0.00667. The average Bonchev–Trinajstić information content (AvgIpc) is 2.26. The van der Waals surface area contributed by atoms with Crippen molar-refractivity contribution in [3.8, 4) is 0 Å². The van der Waals surface area contributed by atoms with E-state index in [1.165, 1.54) is 6.07 Å². The van der Waals surface area contributed by atoms with Crippen molar-refractivity contribution in [2.24, 2.45) is 0 Å². The minimum absolute atomic E-state index is 0.00449. The first-order valence-electron chi connectivity index (χ1n) is 4.75. The Morgan fingerprint density at radius 3 is 2.87 bits per heavy atom. The second-order valence-corrected chi connectivity index (χ2v) is 3.15. The maximum Gasteiger partial charge on any atom is 0.354 e. The maximum absolute atomic E-state index is 10.6. The van der Waals surface area contributed by atoms with Crippen molar-refractivity contribution in [3.63, 3.8) is 0 Å². The Balaban J connectivity index is 2.77. The van der Waals surface area contributed by atoms with Crippen molar-refractivity contribution in [2.45, 2.75) is 19.4 Å². The van der Waals surface area contributed by atoms with Gasteiger partial charge >= 0.3 is 5.97 Å². The van der Waals surface area contributed by atoms with Crippen LogP contribution in [0, 0.1) is 0 Å². The number of hydrogen-bond donors (Lipinski definition) is 3. The number of aromatic carboxylic acids is 1. The van der Waals surface area contributed by atoms with E-state index in [4.69, 9.17) is 10.2 Å². The van der Waals surface area contributed by atoms with Crippen molar-refractivity contribution >= 4 is 11.8 Å². The summed E-state index contributed by atoms with van der Waals surface area (Å²) in [6, 6.07) is 4.61. The van der Waals surface area contributed by atoms with E-state index >= 15 is 0 Å². The van der Waals surface area contributed by atoms with E-state index < -0.39 is 5.97 Å². The van der Waals surface area contributed by atoms with Gasteiger partial charge < -0.3 is 15.5 Å². The number of carboxylic acid groups (broad SMARTS) is 1. The first kappa shape index (κ1) is 11.5. The molecular weight excluding hydrogens is 196 g/mol. The zero-order valence-corrected chi connectivity index (χ0v) is 8.47. The maximum atomic E-state index is 10.6. The number of nitrogens with zero attached hydrogens (tertiary/aromatic N) is 1. The van der Waals surface area contributed by atoms with E-state index in [1.54, 1.807) is 12.1 Å². The molecule has 0 unspecified atom stereocenters. The molecule has 0 saturated heterocycles. The fraction of sp³-hybridized carbons (Fsp3) is 0.400. The molecule has 0 aromatic carbocycles. The molecule has 1 heterocycles. The van der Waals surface area contributed by atoms with Gasteiger partial charge in [0, 0.05) is 0 Å². The van der Waals surface area contributed by atoms with Gasteiger partial charge in [-0.2, -0.15) is 0 Å². The van der Waals surface area contributed by atoms with Crippen LogP contribution in [0.5, 0.6) is 0 Å². The zero-order valence-electron chi connectivity index (χ0n) is 8.47. The number of aromatic nitrogens is 1. The Hall–Kier alpha value is -1.62. The number of aliphatic hydroxyl groups is 1. The molecule has 0 aliphatic rings. The van der Waals surface area contributed by atoms with E-state index in [-0.39, 0.29) is 18.3 Å². The fourth-order valence-electron chi connectivity index (χ4n) is 1.12. The summed E-state index contributed by atoms with van der Waals surface area (Å²) >= 11 is 0. The van der Waals surface area contributed by atoms with Gasteiger partial charge in [-0.3, -0.25) is 0 Å². The van der Waals surface area contributed by atoms with Gasteiger partial charge in [-0.1, -0.05) is 13.0 Å². The average molecular weight is 210 g/mol. The molecule has 0 fully saturated rings. The van der Waals surface area contributed by atoms with Gasteiger partial charge in [0.25, 0.3) is 0 Å². The molecule has 1 rings (SSSR count). The molecule has 1 aromatic heterocycles. The van der Waals surface area contributed by atoms with Gasteiger partial charge in [0.15, 0.2) is 5.69 Å². The molecule has 0 saturated carbocycles. The predicted molar refractivity (Wildman–Crippen MR) is 56.0 cm³/mol. The lowest BCUT2D eigenvalue weighted by Crippen LogP contribution is -2.23. The second-order valence-electron chi connectivity index (χ2n) is 3.15. The highest BCUT2D eigenvalue weighted by Crippen LogP contribution is 2.07. The molecule has 0 spiro atoms. The summed E-state index contributed by atoms with van der Waals surface area (Å²) in [4.78, 5) is 14.5. The number of carbonyl (C=O) groups is 1. The van der Waals surface area contributed by atoms with Crippen LogP contribution in [0.4, 0.5) is 5.82 Å². The number of rotatable bonds is 5. The van der Waals surface area contributed by atoms with E-state index in [9.17, 15) is 4.79 Å². The third-order valence-electron chi connectivity index (χ3n) is 2.03. The third kappa shape index (κ3) is 3.21. The normalized spacial score (nSPS) is 12.1. The quantitative estimate of drug-likeness (QED) is 0.674. The summed E-state index contributed by atoms with van der Waals surface area (Å²) in [5, 5.41) is 20.6. The topological polar surface area (TPSA) is 82.5 Å². The Kier molecular flexibility index (Phi) is 4.05. The standard InChI is InChI=1S/C10H14N2O3/c1-2-7(6-13)11-9-5-3-4-8(12-9)10(14)15/h3-5,7,13H,2,6H2,1H3,(H,11,12)(H,14,15)/t7-/m1/s1. The minimum Gasteiger partial charge on any atom is -0.477 e. The largest absolute Gasteiger partial charge is 0.477 e. The van der Waals surface area contributed by atoms with Gasteiger partial charge in [0.1, 0.15) is 5.82 Å². The molecule has 1 aromatic rings. The van der Waals surface area contributed by atoms with Crippen LogP contribution in [0.3, 0.4) is 0 Å². The Morgan fingerprint density at radius 2 is 2.33 bits per heavy atom. The van der Waals surface area contributed by atoms with Crippen molar-refractivity contribution in [1.29, 1.82) is 0 Å². The van der Waals surface area contributed by atoms with Crippen LogP contribution in [0.25, 0.3) is 0 Å². The van der Waals surface area contributed by atoms with Crippen LogP contribution in [-0.4, -0.2) is 33.8 Å². The number of nitrogens with one attached hydrogen (secondary N) is 1. The minimum atomic E-state index is -1.06. The number of anilines is 1. The van der Waals surface area contributed by atoms with Crippen molar-refractivity contribution in [3.05, 3.63) is 23.9 Å². The van der Waals surface area contributed by atoms with Crippen LogP contribution in [-0.2, 0) is 0 Å². The first-order valence-corrected chi connectivity index (χ1v) is 4.75. The Labute approximate surface area is 87.8 Å². The summed E-state index contributed by atoms with van der Waals surface area (Å²) in [6.45, 7) is 1.92. The molecule has 5 nitrogen and oxygen atoms in total. The first-order chi connectivity index (χ1) is 7.17. The molecule has 15 heavy (non-hydrogen) atoms. The molecule has 0 aliphatic heterocycles. The van der Waals surface area contributed by atoms with Crippen LogP contribution in [0.15, 0.2) is 18.2 Å². The van der Waals surface area contributed by atoms with Gasteiger partial charge in [-0.15, -0.1) is 0 Å². The molecule has 1 atom stereocenters. The third-order valence-corrected chi connectivity index (χ3v) is 2.03. The molecule has 82 valence electrons. The number of carboxylic acids is 1. The zero-order chi connectivity index (χ0) is 11.3. The fourth-order valence-corrected chi connectivity index (χ4v) is 1.12. The number of pyridine rings is 1. The van der Waals surface area contributed by atoms with Gasteiger partial charge in [0.2, 0.25) is 0 Å². The van der Waals surface area contributed by atoms with E-state index in [2.05, 4.69) is 10.3 Å². The van der Waals surface area contributed by atoms with Crippen LogP contribution in [0.1, 0.15) is 23.8 Å². The van der Waals surface area contributed by atoms with Gasteiger partial charge in [0.05, 0.1) is 12.6 Å². The number of aliphatic hydroxyl groups excluding tert-OH is 1. The molecule has 0 aliphatic carbocycles. The highest BCUT2D eigenvalue weighted by Gasteiger charge is 2.08. The highest BCUT2D eigenvalue weighted by molar-refractivity contribution is 5.85. The Morgan fingerprint density at radius 1 is 1.60 bits per heavy atom. The van der Waals surface area contributed by atoms with Crippen molar-refractivity contribution < 1.29 is 15.0 Å². The van der Waals surface area contributed by atoms with Crippen LogP contribution >= 0.6 is 0 Å². The smallest absolute Gasteiger partial charge is 0.354 e. The molecule has 0 radical (unpaired) electrons. The Bertz CT molecular complexity index is 337. The summed E-state index contributed by atoms with van der Waals surface area (Å²) in [5.74, 6) is -0.591. The van der Waals surface area contributed by atoms with Crippen molar-refractivity contribution in [2.75, 3.05) is 11.9 Å². The monoisotopic (exact) mass is 210 g/mol. The molecule has 0 amide bonds. The van der Waals surface area contributed by atoms with Crippen LogP contribution < -0.4 is 5.32 Å². The summed E-state index contributed by atoms with van der Waals surface area (Å²) in [6.07, 6.45) is 0.746. The highest BCUT2D eigenvalue weighted by atomic mass is 16.4.